The van der Waals surface area contributed by atoms with Gasteiger partial charge in [0.1, 0.15) is 5.75 Å². The Morgan fingerprint density at radius 2 is 2.06 bits per heavy atom. The quantitative estimate of drug-likeness (QED) is 0.802. The fraction of sp³-hybridized carbons (Fsp3) is 0.571. The van der Waals surface area contributed by atoms with Crippen molar-refractivity contribution in [2.75, 3.05) is 6.54 Å². The molecular formula is C14H18ClNO. The number of nitrogens with one attached hydrogen (secondary N) is 1. The number of rotatable bonds is 1. The van der Waals surface area contributed by atoms with Gasteiger partial charge in [-0.2, -0.15) is 0 Å². The van der Waals surface area contributed by atoms with Crippen molar-refractivity contribution in [3.8, 4) is 5.75 Å². The first-order valence-electron chi connectivity index (χ1n) is 6.54. The largest absolute Gasteiger partial charge is 0.506 e. The molecule has 1 aromatic carbocycles. The molecule has 1 atom stereocenters. The van der Waals surface area contributed by atoms with Crippen molar-refractivity contribution in [1.29, 1.82) is 0 Å². The number of aryl methyl sites for hydroxylation is 1. The maximum Gasteiger partial charge on any atom is 0.139 e. The summed E-state index contributed by atoms with van der Waals surface area (Å²) >= 11 is 6.15. The molecule has 1 aliphatic heterocycles. The lowest BCUT2D eigenvalue weighted by Crippen LogP contribution is -2.17. The van der Waals surface area contributed by atoms with Gasteiger partial charge in [-0.1, -0.05) is 11.6 Å². The predicted molar refractivity (Wildman–Crippen MR) is 69.7 cm³/mol. The molecule has 1 aliphatic carbocycles. The zero-order chi connectivity index (χ0) is 11.8. The van der Waals surface area contributed by atoms with Crippen LogP contribution in [-0.2, 0) is 12.8 Å². The van der Waals surface area contributed by atoms with Crippen LogP contribution in [0, 0.1) is 0 Å². The molecule has 1 fully saturated rings. The molecule has 1 heterocycles. The molecule has 3 rings (SSSR count). The lowest BCUT2D eigenvalue weighted by Gasteiger charge is -2.24. The van der Waals surface area contributed by atoms with Gasteiger partial charge in [0.2, 0.25) is 0 Å². The van der Waals surface area contributed by atoms with Crippen LogP contribution < -0.4 is 5.32 Å². The van der Waals surface area contributed by atoms with Crippen LogP contribution in [0.5, 0.6) is 5.75 Å². The summed E-state index contributed by atoms with van der Waals surface area (Å²) in [6, 6.07) is 2.27. The topological polar surface area (TPSA) is 32.3 Å². The van der Waals surface area contributed by atoms with Gasteiger partial charge in [0, 0.05) is 11.6 Å². The molecule has 2 aliphatic rings. The highest BCUT2D eigenvalue weighted by Gasteiger charge is 2.26. The van der Waals surface area contributed by atoms with Gasteiger partial charge in [-0.05, 0) is 62.3 Å². The van der Waals surface area contributed by atoms with E-state index in [-0.39, 0.29) is 0 Å². The molecule has 2 nitrogen and oxygen atoms in total. The van der Waals surface area contributed by atoms with E-state index in [9.17, 15) is 5.11 Å². The van der Waals surface area contributed by atoms with Crippen LogP contribution >= 0.6 is 11.6 Å². The molecule has 1 saturated heterocycles. The number of fused-ring (bicyclic) bond motifs is 1. The van der Waals surface area contributed by atoms with Crippen LogP contribution in [0.3, 0.4) is 0 Å². The number of phenolic OH excluding ortho intramolecular Hbond substituents is 1. The first kappa shape index (κ1) is 11.4. The van der Waals surface area contributed by atoms with Gasteiger partial charge in [0.05, 0.1) is 5.02 Å². The van der Waals surface area contributed by atoms with Gasteiger partial charge in [-0.25, -0.2) is 0 Å². The number of hydrogen-bond acceptors (Lipinski definition) is 2. The summed E-state index contributed by atoms with van der Waals surface area (Å²) in [4.78, 5) is 0. The van der Waals surface area contributed by atoms with Crippen LogP contribution in [0.2, 0.25) is 5.02 Å². The molecule has 0 saturated carbocycles. The molecule has 1 unspecified atom stereocenters. The van der Waals surface area contributed by atoms with Gasteiger partial charge in [-0.3, -0.25) is 0 Å². The second-order valence-corrected chi connectivity index (χ2v) is 5.52. The summed E-state index contributed by atoms with van der Waals surface area (Å²) in [6.45, 7) is 1.05. The Bertz CT molecular complexity index is 438. The Morgan fingerprint density at radius 3 is 2.82 bits per heavy atom. The lowest BCUT2D eigenvalue weighted by molar-refractivity contribution is 0.453. The third-order valence-corrected chi connectivity index (χ3v) is 4.31. The number of halogens is 1. The summed E-state index contributed by atoms with van der Waals surface area (Å²) in [5, 5.41) is 14.2. The average Bonchev–Trinajstić information content (AvgIpc) is 2.84. The van der Waals surface area contributed by atoms with Crippen LogP contribution in [-0.4, -0.2) is 11.7 Å². The zero-order valence-electron chi connectivity index (χ0n) is 9.93. The molecule has 0 aromatic heterocycles. The van der Waals surface area contributed by atoms with Crippen LogP contribution in [0.25, 0.3) is 0 Å². The van der Waals surface area contributed by atoms with Crippen molar-refractivity contribution in [3.05, 3.63) is 27.8 Å². The van der Waals surface area contributed by atoms with Crippen molar-refractivity contribution < 1.29 is 5.11 Å². The van der Waals surface area contributed by atoms with Crippen molar-refractivity contribution in [1.82, 2.24) is 5.32 Å². The van der Waals surface area contributed by atoms with Crippen molar-refractivity contribution in [2.24, 2.45) is 0 Å². The highest BCUT2D eigenvalue weighted by atomic mass is 35.5. The lowest BCUT2D eigenvalue weighted by atomic mass is 9.85. The summed E-state index contributed by atoms with van der Waals surface area (Å²) < 4.78 is 0. The number of benzene rings is 1. The van der Waals surface area contributed by atoms with Gasteiger partial charge in [0.25, 0.3) is 0 Å². The SMILES string of the molecule is Oc1c(Cl)cc2c(c1C1CCCN1)CCCC2. The highest BCUT2D eigenvalue weighted by molar-refractivity contribution is 6.32. The van der Waals surface area contributed by atoms with E-state index in [1.165, 1.54) is 30.4 Å². The molecule has 0 amide bonds. The summed E-state index contributed by atoms with van der Waals surface area (Å²) in [7, 11) is 0. The minimum absolute atomic E-state index is 0.306. The maximum absolute atomic E-state index is 10.2. The first-order valence-corrected chi connectivity index (χ1v) is 6.91. The molecule has 17 heavy (non-hydrogen) atoms. The minimum Gasteiger partial charge on any atom is -0.506 e. The molecule has 3 heteroatoms. The molecule has 0 radical (unpaired) electrons. The fourth-order valence-corrected chi connectivity index (χ4v) is 3.43. The Hall–Kier alpha value is -0.730. The Morgan fingerprint density at radius 1 is 1.24 bits per heavy atom. The third-order valence-electron chi connectivity index (χ3n) is 4.03. The first-order chi connectivity index (χ1) is 8.27. The second kappa shape index (κ2) is 4.51. The zero-order valence-corrected chi connectivity index (χ0v) is 10.7. The van der Waals surface area contributed by atoms with Gasteiger partial charge >= 0.3 is 0 Å². The second-order valence-electron chi connectivity index (χ2n) is 5.11. The van der Waals surface area contributed by atoms with E-state index in [1.54, 1.807) is 0 Å². The van der Waals surface area contributed by atoms with Crippen LogP contribution in [0.4, 0.5) is 0 Å². The summed E-state index contributed by atoms with van der Waals surface area (Å²) in [6.07, 6.45) is 6.97. The fourth-order valence-electron chi connectivity index (χ4n) is 3.19. The predicted octanol–water partition coefficient (Wildman–Crippen LogP) is 3.35. The Kier molecular flexibility index (Phi) is 3.01. The van der Waals surface area contributed by atoms with E-state index in [4.69, 9.17) is 11.6 Å². The van der Waals surface area contributed by atoms with Crippen LogP contribution in [0.1, 0.15) is 48.4 Å². The molecular weight excluding hydrogens is 234 g/mol. The van der Waals surface area contributed by atoms with E-state index < -0.39 is 0 Å². The summed E-state index contributed by atoms with van der Waals surface area (Å²) in [5.74, 6) is 0.312. The third kappa shape index (κ3) is 1.94. The van der Waals surface area contributed by atoms with Gasteiger partial charge < -0.3 is 10.4 Å². The van der Waals surface area contributed by atoms with Crippen molar-refractivity contribution in [3.63, 3.8) is 0 Å². The van der Waals surface area contributed by atoms with E-state index in [2.05, 4.69) is 5.32 Å². The molecule has 1 aromatic rings. The number of phenols is 1. The van der Waals surface area contributed by atoms with Crippen molar-refractivity contribution >= 4 is 11.6 Å². The normalized spacial score (nSPS) is 23.7. The van der Waals surface area contributed by atoms with Crippen LogP contribution in [0.15, 0.2) is 6.07 Å². The Balaban J connectivity index is 2.12. The minimum atomic E-state index is 0.306. The van der Waals surface area contributed by atoms with Gasteiger partial charge in [-0.15, -0.1) is 0 Å². The maximum atomic E-state index is 10.2. The van der Waals surface area contributed by atoms with Gasteiger partial charge in [0.15, 0.2) is 0 Å². The Labute approximate surface area is 107 Å². The highest BCUT2D eigenvalue weighted by Crippen LogP contribution is 2.41. The van der Waals surface area contributed by atoms with Crippen molar-refractivity contribution in [2.45, 2.75) is 44.6 Å². The average molecular weight is 252 g/mol. The van der Waals surface area contributed by atoms with E-state index in [0.29, 0.717) is 16.8 Å². The number of hydrogen-bond donors (Lipinski definition) is 2. The van der Waals surface area contributed by atoms with E-state index in [1.807, 2.05) is 6.07 Å². The molecule has 0 spiro atoms. The molecule has 0 bridgehead atoms. The van der Waals surface area contributed by atoms with E-state index >= 15 is 0 Å². The summed E-state index contributed by atoms with van der Waals surface area (Å²) in [5.41, 5.74) is 3.80. The smallest absolute Gasteiger partial charge is 0.139 e. The van der Waals surface area contributed by atoms with E-state index in [0.717, 1.165) is 31.4 Å². The standard InChI is InChI=1S/C14H18ClNO/c15-11-8-9-4-1-2-5-10(9)13(14(11)17)12-6-3-7-16-12/h8,12,16-17H,1-7H2. The monoisotopic (exact) mass is 251 g/mol. The molecule has 2 N–H and O–H groups in total. The molecule has 92 valence electrons. The number of aromatic hydroxyl groups is 1.